The monoisotopic (exact) mass is 186 g/mol. The predicted molar refractivity (Wildman–Crippen MR) is 42.9 cm³/mol. The van der Waals surface area contributed by atoms with Crippen LogP contribution in [0.2, 0.25) is 0 Å². The van der Waals surface area contributed by atoms with Crippen LogP contribution in [0.1, 0.15) is 27.0 Å². The lowest BCUT2D eigenvalue weighted by Crippen LogP contribution is -1.95. The molecule has 0 saturated carbocycles. The highest BCUT2D eigenvalue weighted by Gasteiger charge is 2.18. The van der Waals surface area contributed by atoms with Crippen LogP contribution in [0.15, 0.2) is 5.38 Å². The molecule has 0 fully saturated rings. The number of carbonyl (C=O) groups excluding carboxylic acids is 1. The van der Waals surface area contributed by atoms with E-state index in [0.29, 0.717) is 0 Å². The van der Waals surface area contributed by atoms with Gasteiger partial charge in [-0.3, -0.25) is 4.79 Å². The van der Waals surface area contributed by atoms with Crippen LogP contribution in [-0.2, 0) is 0 Å². The normalized spacial score (nSPS) is 9.75. The van der Waals surface area contributed by atoms with Gasteiger partial charge in [-0.2, -0.15) is 0 Å². The average Bonchev–Trinajstić information content (AvgIpc) is 2.30. The van der Waals surface area contributed by atoms with Gasteiger partial charge in [-0.1, -0.05) is 0 Å². The molecule has 1 heterocycles. The predicted octanol–water partition coefficient (Wildman–Crippen LogP) is 1.35. The molecule has 0 aliphatic carbocycles. The third-order valence-corrected chi connectivity index (χ3v) is 2.39. The van der Waals surface area contributed by atoms with Crippen molar-refractivity contribution >= 4 is 23.1 Å². The molecule has 0 aliphatic heterocycles. The SMILES string of the molecule is CC(=O)c1scc(C(=O)O)c1O. The zero-order valence-electron chi connectivity index (χ0n) is 6.20. The molecule has 1 rings (SSSR count). The molecule has 0 atom stereocenters. The van der Waals surface area contributed by atoms with E-state index in [1.807, 2.05) is 0 Å². The fourth-order valence-electron chi connectivity index (χ4n) is 0.753. The van der Waals surface area contributed by atoms with Gasteiger partial charge in [0.15, 0.2) is 11.5 Å². The summed E-state index contributed by atoms with van der Waals surface area (Å²) in [6, 6.07) is 0. The summed E-state index contributed by atoms with van der Waals surface area (Å²) in [6.07, 6.45) is 0. The fraction of sp³-hybridized carbons (Fsp3) is 0.143. The summed E-state index contributed by atoms with van der Waals surface area (Å²) in [5, 5.41) is 18.9. The number of aromatic hydroxyl groups is 1. The van der Waals surface area contributed by atoms with Crippen molar-refractivity contribution in [3.05, 3.63) is 15.8 Å². The minimum Gasteiger partial charge on any atom is -0.505 e. The van der Waals surface area contributed by atoms with Gasteiger partial charge < -0.3 is 10.2 Å². The Morgan fingerprint density at radius 3 is 2.33 bits per heavy atom. The Morgan fingerprint density at radius 1 is 1.50 bits per heavy atom. The molecule has 0 radical (unpaired) electrons. The molecule has 2 N–H and O–H groups in total. The largest absolute Gasteiger partial charge is 0.505 e. The van der Waals surface area contributed by atoms with E-state index in [2.05, 4.69) is 0 Å². The van der Waals surface area contributed by atoms with Gasteiger partial charge in [0.2, 0.25) is 0 Å². The van der Waals surface area contributed by atoms with Gasteiger partial charge >= 0.3 is 5.97 Å². The second kappa shape index (κ2) is 2.94. The number of ketones is 1. The van der Waals surface area contributed by atoms with Crippen LogP contribution in [0.3, 0.4) is 0 Å². The first kappa shape index (κ1) is 8.73. The first-order valence-electron chi connectivity index (χ1n) is 3.08. The van der Waals surface area contributed by atoms with Crippen molar-refractivity contribution in [1.29, 1.82) is 0 Å². The van der Waals surface area contributed by atoms with Crippen LogP contribution in [0.25, 0.3) is 0 Å². The number of hydrogen-bond donors (Lipinski definition) is 2. The van der Waals surface area contributed by atoms with Crippen molar-refractivity contribution in [3.63, 3.8) is 0 Å². The Balaban J connectivity index is 3.22. The van der Waals surface area contributed by atoms with E-state index in [0.717, 1.165) is 11.3 Å². The number of hydrogen-bond acceptors (Lipinski definition) is 4. The van der Waals surface area contributed by atoms with Crippen molar-refractivity contribution in [2.45, 2.75) is 6.92 Å². The van der Waals surface area contributed by atoms with Crippen LogP contribution >= 0.6 is 11.3 Å². The highest BCUT2D eigenvalue weighted by atomic mass is 32.1. The van der Waals surface area contributed by atoms with Gasteiger partial charge in [-0.25, -0.2) is 4.79 Å². The molecule has 0 aromatic carbocycles. The Bertz CT molecular complexity index is 308. The first-order valence-corrected chi connectivity index (χ1v) is 3.96. The van der Waals surface area contributed by atoms with Gasteiger partial charge in [0.1, 0.15) is 10.4 Å². The second-order valence-electron chi connectivity index (χ2n) is 2.19. The lowest BCUT2D eigenvalue weighted by molar-refractivity contribution is 0.0694. The molecule has 12 heavy (non-hydrogen) atoms. The molecule has 0 amide bonds. The van der Waals surface area contributed by atoms with E-state index in [1.165, 1.54) is 12.3 Å². The number of carbonyl (C=O) groups is 2. The maximum atomic E-state index is 10.8. The summed E-state index contributed by atoms with van der Waals surface area (Å²) in [6.45, 7) is 1.27. The van der Waals surface area contributed by atoms with Crippen molar-refractivity contribution < 1.29 is 19.8 Å². The third-order valence-electron chi connectivity index (χ3n) is 1.31. The lowest BCUT2D eigenvalue weighted by Gasteiger charge is -1.91. The summed E-state index contributed by atoms with van der Waals surface area (Å²) in [7, 11) is 0. The molecule has 5 heteroatoms. The van der Waals surface area contributed by atoms with Gasteiger partial charge in [0, 0.05) is 12.3 Å². The van der Waals surface area contributed by atoms with Crippen molar-refractivity contribution in [2.75, 3.05) is 0 Å². The van der Waals surface area contributed by atoms with Crippen LogP contribution in [0, 0.1) is 0 Å². The molecule has 0 unspecified atom stereocenters. The van der Waals surface area contributed by atoms with Crippen LogP contribution < -0.4 is 0 Å². The standard InChI is InChI=1S/C7H6O4S/c1-3(8)6-5(9)4(2-12-6)7(10)11/h2,9H,1H3,(H,10,11). The molecular formula is C7H6O4S. The van der Waals surface area contributed by atoms with E-state index in [4.69, 9.17) is 5.11 Å². The van der Waals surface area contributed by atoms with Crippen molar-refractivity contribution in [1.82, 2.24) is 0 Å². The topological polar surface area (TPSA) is 74.6 Å². The number of thiophene rings is 1. The zero-order chi connectivity index (χ0) is 9.30. The number of carboxylic acid groups (broad SMARTS) is 1. The maximum absolute atomic E-state index is 10.8. The Labute approximate surface area is 72.1 Å². The summed E-state index contributed by atoms with van der Waals surface area (Å²) in [5.41, 5.74) is -0.217. The fourth-order valence-corrected chi connectivity index (χ4v) is 1.59. The number of carboxylic acids is 1. The summed E-state index contributed by atoms with van der Waals surface area (Å²) >= 11 is 0.932. The molecule has 0 spiro atoms. The number of Topliss-reactive ketones (excluding diaryl/α,β-unsaturated/α-hetero) is 1. The van der Waals surface area contributed by atoms with Gasteiger partial charge in [0.25, 0.3) is 0 Å². The average molecular weight is 186 g/mol. The minimum absolute atomic E-state index is 0.0902. The molecule has 64 valence electrons. The van der Waals surface area contributed by atoms with E-state index in [-0.39, 0.29) is 16.2 Å². The van der Waals surface area contributed by atoms with Crippen LogP contribution in [0.5, 0.6) is 5.75 Å². The van der Waals surface area contributed by atoms with E-state index >= 15 is 0 Å². The highest BCUT2D eigenvalue weighted by molar-refractivity contribution is 7.12. The minimum atomic E-state index is -1.23. The summed E-state index contributed by atoms with van der Waals surface area (Å²) in [5.74, 6) is -1.98. The van der Waals surface area contributed by atoms with Crippen LogP contribution in [-0.4, -0.2) is 22.0 Å². The number of aromatic carboxylic acids is 1. The maximum Gasteiger partial charge on any atom is 0.340 e. The highest BCUT2D eigenvalue weighted by Crippen LogP contribution is 2.29. The quantitative estimate of drug-likeness (QED) is 0.684. The Hall–Kier alpha value is -1.36. The molecule has 1 aromatic heterocycles. The lowest BCUT2D eigenvalue weighted by atomic mass is 10.2. The molecule has 0 bridgehead atoms. The summed E-state index contributed by atoms with van der Waals surface area (Å²) < 4.78 is 0. The van der Waals surface area contributed by atoms with E-state index in [1.54, 1.807) is 0 Å². The Kier molecular flexibility index (Phi) is 2.14. The van der Waals surface area contributed by atoms with Crippen LogP contribution in [0.4, 0.5) is 0 Å². The van der Waals surface area contributed by atoms with E-state index < -0.39 is 11.7 Å². The molecular weight excluding hydrogens is 180 g/mol. The van der Waals surface area contributed by atoms with Gasteiger partial charge in [-0.05, 0) is 0 Å². The smallest absolute Gasteiger partial charge is 0.340 e. The Morgan fingerprint density at radius 2 is 2.08 bits per heavy atom. The number of rotatable bonds is 2. The molecule has 0 aliphatic rings. The molecule has 4 nitrogen and oxygen atoms in total. The molecule has 0 saturated heterocycles. The van der Waals surface area contributed by atoms with Gasteiger partial charge in [-0.15, -0.1) is 11.3 Å². The summed E-state index contributed by atoms with van der Waals surface area (Å²) in [4.78, 5) is 21.2. The van der Waals surface area contributed by atoms with Crippen molar-refractivity contribution in [3.8, 4) is 5.75 Å². The molecule has 1 aromatic rings. The van der Waals surface area contributed by atoms with Crippen molar-refractivity contribution in [2.24, 2.45) is 0 Å². The first-order chi connectivity index (χ1) is 5.54. The zero-order valence-corrected chi connectivity index (χ0v) is 7.01. The van der Waals surface area contributed by atoms with E-state index in [9.17, 15) is 14.7 Å². The second-order valence-corrected chi connectivity index (χ2v) is 3.07. The van der Waals surface area contributed by atoms with Gasteiger partial charge in [0.05, 0.1) is 0 Å². The third kappa shape index (κ3) is 1.31.